The molecular formula is C12H15NO3S. The molecule has 1 amide bonds. The molecule has 0 atom stereocenters. The summed E-state index contributed by atoms with van der Waals surface area (Å²) >= 11 is 1.84. The zero-order valence-electron chi connectivity index (χ0n) is 9.43. The number of carbonyl (C=O) groups is 1. The SMILES string of the molecule is O=C(c1ccc(O)cc1O)N1CCCSCC1. The van der Waals surface area contributed by atoms with Crippen molar-refractivity contribution in [2.24, 2.45) is 0 Å². The fraction of sp³-hybridized carbons (Fsp3) is 0.417. The van der Waals surface area contributed by atoms with Gasteiger partial charge in [0.25, 0.3) is 5.91 Å². The Morgan fingerprint density at radius 1 is 1.24 bits per heavy atom. The van der Waals surface area contributed by atoms with Crippen LogP contribution in [0.3, 0.4) is 0 Å². The van der Waals surface area contributed by atoms with Crippen molar-refractivity contribution >= 4 is 17.7 Å². The van der Waals surface area contributed by atoms with Gasteiger partial charge in [0, 0.05) is 24.9 Å². The molecule has 1 aliphatic heterocycles. The fourth-order valence-corrected chi connectivity index (χ4v) is 2.71. The van der Waals surface area contributed by atoms with Crippen LogP contribution in [0.4, 0.5) is 0 Å². The van der Waals surface area contributed by atoms with E-state index < -0.39 is 0 Å². The molecule has 4 nitrogen and oxygen atoms in total. The number of phenolic OH excluding ortho intramolecular Hbond substituents is 2. The lowest BCUT2D eigenvalue weighted by Gasteiger charge is -2.20. The zero-order valence-corrected chi connectivity index (χ0v) is 10.2. The Labute approximate surface area is 104 Å². The second-order valence-corrected chi connectivity index (χ2v) is 5.18. The van der Waals surface area contributed by atoms with Gasteiger partial charge >= 0.3 is 0 Å². The van der Waals surface area contributed by atoms with Crippen molar-refractivity contribution in [3.8, 4) is 11.5 Å². The largest absolute Gasteiger partial charge is 0.508 e. The van der Waals surface area contributed by atoms with E-state index in [0.29, 0.717) is 6.54 Å². The minimum atomic E-state index is -0.162. The second-order valence-electron chi connectivity index (χ2n) is 3.96. The van der Waals surface area contributed by atoms with Crippen molar-refractivity contribution in [2.75, 3.05) is 24.6 Å². The fourth-order valence-electron chi connectivity index (χ4n) is 1.82. The average molecular weight is 253 g/mol. The van der Waals surface area contributed by atoms with Gasteiger partial charge in [-0.05, 0) is 24.3 Å². The van der Waals surface area contributed by atoms with Gasteiger partial charge in [0.15, 0.2) is 0 Å². The van der Waals surface area contributed by atoms with E-state index in [1.165, 1.54) is 18.2 Å². The molecule has 1 saturated heterocycles. The third-order valence-corrected chi connectivity index (χ3v) is 3.77. The maximum Gasteiger partial charge on any atom is 0.257 e. The van der Waals surface area contributed by atoms with Gasteiger partial charge in [-0.1, -0.05) is 0 Å². The van der Waals surface area contributed by atoms with Crippen LogP contribution in [0.5, 0.6) is 11.5 Å². The van der Waals surface area contributed by atoms with E-state index in [4.69, 9.17) is 0 Å². The minimum Gasteiger partial charge on any atom is -0.508 e. The van der Waals surface area contributed by atoms with Crippen molar-refractivity contribution in [3.05, 3.63) is 23.8 Å². The van der Waals surface area contributed by atoms with E-state index >= 15 is 0 Å². The monoisotopic (exact) mass is 253 g/mol. The number of nitrogens with zero attached hydrogens (tertiary/aromatic N) is 1. The molecule has 1 heterocycles. The summed E-state index contributed by atoms with van der Waals surface area (Å²) in [5.74, 6) is 1.65. The molecule has 0 bridgehead atoms. The highest BCUT2D eigenvalue weighted by molar-refractivity contribution is 7.99. The molecule has 0 saturated carbocycles. The van der Waals surface area contributed by atoms with Crippen LogP contribution >= 0.6 is 11.8 Å². The van der Waals surface area contributed by atoms with Gasteiger partial charge in [0.1, 0.15) is 11.5 Å². The summed E-state index contributed by atoms with van der Waals surface area (Å²) in [6, 6.07) is 4.07. The molecule has 0 spiro atoms. The topological polar surface area (TPSA) is 60.8 Å². The number of thioether (sulfide) groups is 1. The van der Waals surface area contributed by atoms with E-state index in [1.807, 2.05) is 11.8 Å². The first-order valence-corrected chi connectivity index (χ1v) is 6.73. The van der Waals surface area contributed by atoms with Gasteiger partial charge < -0.3 is 15.1 Å². The maximum absolute atomic E-state index is 12.2. The molecular weight excluding hydrogens is 238 g/mol. The number of aromatic hydroxyl groups is 2. The van der Waals surface area contributed by atoms with Crippen LogP contribution in [-0.2, 0) is 0 Å². The van der Waals surface area contributed by atoms with Crippen molar-refractivity contribution < 1.29 is 15.0 Å². The van der Waals surface area contributed by atoms with E-state index in [-0.39, 0.29) is 23.0 Å². The van der Waals surface area contributed by atoms with Gasteiger partial charge in [0.05, 0.1) is 5.56 Å². The van der Waals surface area contributed by atoms with Crippen LogP contribution in [0.1, 0.15) is 16.8 Å². The molecule has 2 rings (SSSR count). The summed E-state index contributed by atoms with van der Waals surface area (Å²) in [5.41, 5.74) is 0.259. The Balaban J connectivity index is 2.17. The van der Waals surface area contributed by atoms with Gasteiger partial charge in [-0.3, -0.25) is 4.79 Å². The zero-order chi connectivity index (χ0) is 12.3. The third kappa shape index (κ3) is 2.85. The first-order chi connectivity index (χ1) is 8.18. The van der Waals surface area contributed by atoms with Crippen LogP contribution in [0.15, 0.2) is 18.2 Å². The molecule has 0 aromatic heterocycles. The molecule has 0 unspecified atom stereocenters. The Bertz CT molecular complexity index is 414. The Morgan fingerprint density at radius 3 is 2.82 bits per heavy atom. The van der Waals surface area contributed by atoms with E-state index in [0.717, 1.165) is 24.5 Å². The summed E-state index contributed by atoms with van der Waals surface area (Å²) in [6.07, 6.45) is 0.981. The highest BCUT2D eigenvalue weighted by atomic mass is 32.2. The van der Waals surface area contributed by atoms with Gasteiger partial charge in [-0.15, -0.1) is 0 Å². The smallest absolute Gasteiger partial charge is 0.257 e. The van der Waals surface area contributed by atoms with Gasteiger partial charge in [-0.2, -0.15) is 11.8 Å². The average Bonchev–Trinajstić information content (AvgIpc) is 2.56. The summed E-state index contributed by atoms with van der Waals surface area (Å²) < 4.78 is 0. The van der Waals surface area contributed by atoms with Gasteiger partial charge in [0.2, 0.25) is 0 Å². The summed E-state index contributed by atoms with van der Waals surface area (Å²) in [5, 5.41) is 18.8. The molecule has 2 N–H and O–H groups in total. The second kappa shape index (κ2) is 5.31. The van der Waals surface area contributed by atoms with Crippen LogP contribution in [0, 0.1) is 0 Å². The number of rotatable bonds is 1. The quantitative estimate of drug-likeness (QED) is 0.799. The lowest BCUT2D eigenvalue weighted by Crippen LogP contribution is -2.32. The molecule has 17 heavy (non-hydrogen) atoms. The maximum atomic E-state index is 12.2. The summed E-state index contributed by atoms with van der Waals surface area (Å²) in [6.45, 7) is 1.44. The van der Waals surface area contributed by atoms with E-state index in [1.54, 1.807) is 4.90 Å². The Hall–Kier alpha value is -1.36. The first kappa shape index (κ1) is 12.1. The molecule has 5 heteroatoms. The lowest BCUT2D eigenvalue weighted by molar-refractivity contribution is 0.0765. The minimum absolute atomic E-state index is 0.0366. The van der Waals surface area contributed by atoms with Crippen molar-refractivity contribution in [1.29, 1.82) is 0 Å². The van der Waals surface area contributed by atoms with Crippen molar-refractivity contribution in [3.63, 3.8) is 0 Å². The number of hydrogen-bond donors (Lipinski definition) is 2. The van der Waals surface area contributed by atoms with Crippen LogP contribution in [-0.4, -0.2) is 45.6 Å². The van der Waals surface area contributed by atoms with E-state index in [2.05, 4.69) is 0 Å². The number of carbonyl (C=O) groups excluding carboxylic acids is 1. The number of amides is 1. The molecule has 1 fully saturated rings. The molecule has 92 valence electrons. The summed E-state index contributed by atoms with van der Waals surface area (Å²) in [4.78, 5) is 13.9. The standard InChI is InChI=1S/C12H15NO3S/c14-9-2-3-10(11(15)8-9)12(16)13-4-1-6-17-7-5-13/h2-3,8,14-15H,1,4-7H2. The summed E-state index contributed by atoms with van der Waals surface area (Å²) in [7, 11) is 0. The number of benzene rings is 1. The predicted octanol–water partition coefficient (Wildman–Crippen LogP) is 1.68. The predicted molar refractivity (Wildman–Crippen MR) is 67.6 cm³/mol. The third-order valence-electron chi connectivity index (χ3n) is 2.72. The van der Waals surface area contributed by atoms with Gasteiger partial charge in [-0.25, -0.2) is 0 Å². The molecule has 0 radical (unpaired) electrons. The van der Waals surface area contributed by atoms with Crippen molar-refractivity contribution in [1.82, 2.24) is 4.90 Å². The Kier molecular flexibility index (Phi) is 3.78. The molecule has 1 aliphatic rings. The normalized spacial score (nSPS) is 16.6. The highest BCUT2D eigenvalue weighted by Crippen LogP contribution is 2.24. The molecule has 0 aliphatic carbocycles. The first-order valence-electron chi connectivity index (χ1n) is 5.57. The Morgan fingerprint density at radius 2 is 2.06 bits per heavy atom. The molecule has 1 aromatic rings. The van der Waals surface area contributed by atoms with Crippen LogP contribution in [0.2, 0.25) is 0 Å². The van der Waals surface area contributed by atoms with Crippen LogP contribution < -0.4 is 0 Å². The number of hydrogen-bond acceptors (Lipinski definition) is 4. The lowest BCUT2D eigenvalue weighted by atomic mass is 10.1. The molecule has 1 aromatic carbocycles. The van der Waals surface area contributed by atoms with Crippen LogP contribution in [0.25, 0.3) is 0 Å². The number of phenols is 2. The highest BCUT2D eigenvalue weighted by Gasteiger charge is 2.20. The van der Waals surface area contributed by atoms with Crippen molar-refractivity contribution in [2.45, 2.75) is 6.42 Å². The van der Waals surface area contributed by atoms with E-state index in [9.17, 15) is 15.0 Å².